The molecule has 5 heteroatoms. The fourth-order valence-corrected chi connectivity index (χ4v) is 3.25. The molecule has 0 aliphatic carbocycles. The van der Waals surface area contributed by atoms with Crippen molar-refractivity contribution in [3.8, 4) is 0 Å². The van der Waals surface area contributed by atoms with Crippen molar-refractivity contribution >= 4 is 22.0 Å². The number of nitrogens with zero attached hydrogens (tertiary/aromatic N) is 1. The van der Waals surface area contributed by atoms with Crippen molar-refractivity contribution in [2.24, 2.45) is 0 Å². The van der Waals surface area contributed by atoms with Crippen molar-refractivity contribution in [3.05, 3.63) is 34.3 Å². The molecule has 1 saturated heterocycles. The molecule has 1 fully saturated rings. The highest BCUT2D eigenvalue weighted by molar-refractivity contribution is 9.10. The van der Waals surface area contributed by atoms with Crippen molar-refractivity contribution in [2.45, 2.75) is 64.6 Å². The number of rotatable bonds is 4. The molecule has 24 heavy (non-hydrogen) atoms. The number of amides is 1. The van der Waals surface area contributed by atoms with Crippen LogP contribution in [-0.4, -0.2) is 41.8 Å². The van der Waals surface area contributed by atoms with Crippen LogP contribution in [0.2, 0.25) is 0 Å². The maximum atomic E-state index is 12.1. The van der Waals surface area contributed by atoms with Crippen LogP contribution < -0.4 is 5.32 Å². The van der Waals surface area contributed by atoms with Gasteiger partial charge in [-0.15, -0.1) is 0 Å². The summed E-state index contributed by atoms with van der Waals surface area (Å²) in [5, 5.41) is 3.70. The molecular weight excluding hydrogens is 368 g/mol. The van der Waals surface area contributed by atoms with Crippen molar-refractivity contribution in [1.29, 1.82) is 0 Å². The number of carbonyl (C=O) groups excluding carboxylic acids is 1. The normalized spacial score (nSPS) is 17.6. The zero-order valence-electron chi connectivity index (χ0n) is 15.1. The van der Waals surface area contributed by atoms with E-state index in [4.69, 9.17) is 4.74 Å². The molecule has 1 aromatic rings. The first-order valence-corrected chi connectivity index (χ1v) is 9.50. The second-order valence-corrected chi connectivity index (χ2v) is 8.56. The molecule has 1 amide bonds. The first-order valence-electron chi connectivity index (χ1n) is 8.71. The van der Waals surface area contributed by atoms with Crippen LogP contribution in [0.15, 0.2) is 28.7 Å². The van der Waals surface area contributed by atoms with Gasteiger partial charge in [0.15, 0.2) is 0 Å². The second kappa shape index (κ2) is 8.34. The molecule has 1 heterocycles. The van der Waals surface area contributed by atoms with Crippen LogP contribution in [0.3, 0.4) is 0 Å². The van der Waals surface area contributed by atoms with E-state index in [2.05, 4.69) is 52.4 Å². The minimum absolute atomic E-state index is 0.191. The molecule has 4 nitrogen and oxygen atoms in total. The standard InChI is InChI=1S/C19H29BrN2O2/c1-14(13-15-5-7-16(20)8-6-15)21-17-9-11-22(12-10-17)18(23)24-19(2,3)4/h5-8,14,17,21H,9-13H2,1-4H3. The Morgan fingerprint density at radius 2 is 1.88 bits per heavy atom. The van der Waals surface area contributed by atoms with Gasteiger partial charge in [0.1, 0.15) is 5.60 Å². The summed E-state index contributed by atoms with van der Waals surface area (Å²) >= 11 is 3.47. The van der Waals surface area contributed by atoms with E-state index < -0.39 is 5.60 Å². The van der Waals surface area contributed by atoms with Crippen LogP contribution >= 0.6 is 15.9 Å². The third kappa shape index (κ3) is 6.44. The Kier molecular flexibility index (Phi) is 6.70. The van der Waals surface area contributed by atoms with E-state index in [0.29, 0.717) is 12.1 Å². The zero-order chi connectivity index (χ0) is 17.7. The Morgan fingerprint density at radius 1 is 1.29 bits per heavy atom. The molecule has 1 atom stereocenters. The molecule has 1 aliphatic rings. The number of hydrogen-bond donors (Lipinski definition) is 1. The predicted molar refractivity (Wildman–Crippen MR) is 101 cm³/mol. The lowest BCUT2D eigenvalue weighted by molar-refractivity contribution is 0.0196. The highest BCUT2D eigenvalue weighted by Crippen LogP contribution is 2.17. The summed E-state index contributed by atoms with van der Waals surface area (Å²) in [4.78, 5) is 13.9. The lowest BCUT2D eigenvalue weighted by atomic mass is 10.0. The Morgan fingerprint density at radius 3 is 2.42 bits per heavy atom. The van der Waals surface area contributed by atoms with Gasteiger partial charge in [-0.2, -0.15) is 0 Å². The van der Waals surface area contributed by atoms with Crippen molar-refractivity contribution in [2.75, 3.05) is 13.1 Å². The minimum atomic E-state index is -0.425. The van der Waals surface area contributed by atoms with Crippen LogP contribution in [0.25, 0.3) is 0 Å². The number of benzene rings is 1. The molecule has 134 valence electrons. The zero-order valence-corrected chi connectivity index (χ0v) is 16.7. The van der Waals surface area contributed by atoms with Gasteiger partial charge < -0.3 is 15.0 Å². The molecule has 0 aromatic heterocycles. The van der Waals surface area contributed by atoms with Crippen molar-refractivity contribution < 1.29 is 9.53 Å². The summed E-state index contributed by atoms with van der Waals surface area (Å²) < 4.78 is 6.56. The highest BCUT2D eigenvalue weighted by atomic mass is 79.9. The first-order chi connectivity index (χ1) is 11.2. The largest absolute Gasteiger partial charge is 0.444 e. The van der Waals surface area contributed by atoms with Gasteiger partial charge >= 0.3 is 6.09 Å². The van der Waals surface area contributed by atoms with Gasteiger partial charge in [-0.1, -0.05) is 28.1 Å². The molecule has 2 rings (SSSR count). The quantitative estimate of drug-likeness (QED) is 0.821. The number of hydrogen-bond acceptors (Lipinski definition) is 3. The Balaban J connectivity index is 1.74. The summed E-state index contributed by atoms with van der Waals surface area (Å²) in [5.74, 6) is 0. The summed E-state index contributed by atoms with van der Waals surface area (Å²) in [6.07, 6.45) is 2.77. The third-order valence-electron chi connectivity index (χ3n) is 4.12. The van der Waals surface area contributed by atoms with Crippen molar-refractivity contribution in [1.82, 2.24) is 10.2 Å². The van der Waals surface area contributed by atoms with E-state index in [-0.39, 0.29) is 6.09 Å². The summed E-state index contributed by atoms with van der Waals surface area (Å²) in [5.41, 5.74) is 0.912. The molecular formula is C19H29BrN2O2. The van der Waals surface area contributed by atoms with Gasteiger partial charge in [-0.3, -0.25) is 0 Å². The Hall–Kier alpha value is -1.07. The number of halogens is 1. The summed E-state index contributed by atoms with van der Waals surface area (Å²) in [6, 6.07) is 9.38. The molecule has 0 radical (unpaired) electrons. The van der Waals surface area contributed by atoms with Gasteiger partial charge in [0.2, 0.25) is 0 Å². The van der Waals surface area contributed by atoms with E-state index in [0.717, 1.165) is 36.8 Å². The molecule has 0 spiro atoms. The maximum Gasteiger partial charge on any atom is 0.410 e. The van der Waals surface area contributed by atoms with E-state index in [1.165, 1.54) is 5.56 Å². The fraction of sp³-hybridized carbons (Fsp3) is 0.632. The fourth-order valence-electron chi connectivity index (χ4n) is 2.99. The van der Waals surface area contributed by atoms with Crippen LogP contribution in [0, 0.1) is 0 Å². The van der Waals surface area contributed by atoms with Crippen LogP contribution in [0.4, 0.5) is 4.79 Å². The third-order valence-corrected chi connectivity index (χ3v) is 4.65. The topological polar surface area (TPSA) is 41.6 Å². The summed E-state index contributed by atoms with van der Waals surface area (Å²) in [6.45, 7) is 9.46. The van der Waals surface area contributed by atoms with Gasteiger partial charge in [0.05, 0.1) is 0 Å². The molecule has 0 saturated carbocycles. The SMILES string of the molecule is CC(Cc1ccc(Br)cc1)NC1CCN(C(=O)OC(C)(C)C)CC1. The Bertz CT molecular complexity index is 531. The van der Waals surface area contributed by atoms with Crippen LogP contribution in [0.1, 0.15) is 46.1 Å². The number of ether oxygens (including phenoxy) is 1. The molecule has 0 bridgehead atoms. The van der Waals surface area contributed by atoms with Gasteiger partial charge in [0.25, 0.3) is 0 Å². The van der Waals surface area contributed by atoms with Gasteiger partial charge in [0, 0.05) is 29.6 Å². The first kappa shape index (κ1) is 19.3. The van der Waals surface area contributed by atoms with Crippen molar-refractivity contribution in [3.63, 3.8) is 0 Å². The number of piperidine rings is 1. The number of likely N-dealkylation sites (tertiary alicyclic amines) is 1. The predicted octanol–water partition coefficient (Wildman–Crippen LogP) is 4.37. The average Bonchev–Trinajstić information content (AvgIpc) is 2.48. The van der Waals surface area contributed by atoms with E-state index in [1.807, 2.05) is 25.7 Å². The molecule has 1 N–H and O–H groups in total. The van der Waals surface area contributed by atoms with Gasteiger partial charge in [-0.25, -0.2) is 4.79 Å². The number of carbonyl (C=O) groups is 1. The average molecular weight is 397 g/mol. The highest BCUT2D eigenvalue weighted by Gasteiger charge is 2.27. The van der Waals surface area contributed by atoms with E-state index in [1.54, 1.807) is 0 Å². The van der Waals surface area contributed by atoms with Gasteiger partial charge in [-0.05, 0) is 64.7 Å². The number of nitrogens with one attached hydrogen (secondary N) is 1. The lowest BCUT2D eigenvalue weighted by Gasteiger charge is -2.35. The smallest absolute Gasteiger partial charge is 0.410 e. The van der Waals surface area contributed by atoms with Crippen LogP contribution in [-0.2, 0) is 11.2 Å². The summed E-state index contributed by atoms with van der Waals surface area (Å²) in [7, 11) is 0. The lowest BCUT2D eigenvalue weighted by Crippen LogP contribution is -2.48. The van der Waals surface area contributed by atoms with Crippen LogP contribution in [0.5, 0.6) is 0 Å². The molecule has 1 unspecified atom stereocenters. The van der Waals surface area contributed by atoms with E-state index in [9.17, 15) is 4.79 Å². The Labute approximate surface area is 154 Å². The second-order valence-electron chi connectivity index (χ2n) is 7.64. The maximum absolute atomic E-state index is 12.1. The minimum Gasteiger partial charge on any atom is -0.444 e. The monoisotopic (exact) mass is 396 g/mol. The van der Waals surface area contributed by atoms with E-state index >= 15 is 0 Å². The molecule has 1 aromatic carbocycles. The molecule has 1 aliphatic heterocycles.